The quantitative estimate of drug-likeness (QED) is 0.114. The zero-order chi connectivity index (χ0) is 73.7. The second-order valence-electron chi connectivity index (χ2n) is 28.6. The van der Waals surface area contributed by atoms with E-state index in [1.807, 2.05) is 12.1 Å². The highest BCUT2D eigenvalue weighted by Gasteiger charge is 2.27. The fraction of sp³-hybridized carbons (Fsp3) is 0. The summed E-state index contributed by atoms with van der Waals surface area (Å²) in [4.78, 5) is 32.8. The molecule has 16 aromatic carbocycles. The molecule has 22 aromatic rings. The molecule has 0 unspecified atom stereocenters. The van der Waals surface area contributed by atoms with Crippen LogP contribution in [0, 0.1) is 0 Å². The van der Waals surface area contributed by atoms with Crippen LogP contribution >= 0.6 is 0 Å². The van der Waals surface area contributed by atoms with Gasteiger partial charge in [0.15, 0.2) is 23.3 Å². The predicted octanol–water partition coefficient (Wildman–Crippen LogP) is 25.4. The first kappa shape index (κ1) is 64.0. The zero-order valence-electron chi connectivity index (χ0n) is 60.4. The van der Waals surface area contributed by atoms with Crippen LogP contribution in [0.2, 0.25) is 0 Å². The Balaban J connectivity index is 0.693. The number of hydrogen-bond donors (Lipinski definition) is 0. The van der Waals surface area contributed by atoms with E-state index >= 15 is 0 Å². The van der Waals surface area contributed by atoms with Crippen LogP contribution in [0.15, 0.2) is 388 Å². The van der Waals surface area contributed by atoms with Gasteiger partial charge in [-0.15, -0.1) is 0 Å². The smallest absolute Gasteiger partial charge is 0.238 e. The molecule has 0 spiro atoms. The molecule has 112 heavy (non-hydrogen) atoms. The van der Waals surface area contributed by atoms with Gasteiger partial charge in [-0.2, -0.15) is 19.9 Å². The van der Waals surface area contributed by atoms with Crippen molar-refractivity contribution in [1.29, 1.82) is 0 Å². The molecule has 0 aliphatic carbocycles. The number of benzene rings is 16. The number of para-hydroxylation sites is 5. The third kappa shape index (κ3) is 10.7. The number of hydrogen-bond acceptors (Lipinski definition) is 6. The molecule has 522 valence electrons. The molecule has 0 saturated heterocycles. The molecule has 0 aliphatic heterocycles. The van der Waals surface area contributed by atoms with Crippen LogP contribution < -0.4 is 0 Å². The Kier molecular flexibility index (Phi) is 15.0. The van der Waals surface area contributed by atoms with E-state index in [-0.39, 0.29) is 0 Å². The molecule has 22 rings (SSSR count). The van der Waals surface area contributed by atoms with Crippen molar-refractivity contribution < 1.29 is 0 Å². The largest absolute Gasteiger partial charge is 0.309 e. The lowest BCUT2D eigenvalue weighted by Crippen LogP contribution is -2.06. The molecule has 0 N–H and O–H groups in total. The fourth-order valence-electron chi connectivity index (χ4n) is 17.0. The summed E-state index contributed by atoms with van der Waals surface area (Å²) in [5.74, 6) is 3.33. The minimum absolute atomic E-state index is 0.523. The molecule has 0 atom stereocenters. The maximum atomic E-state index is 5.56. The Labute approximate surface area is 644 Å². The maximum absolute atomic E-state index is 5.56. The second-order valence-corrected chi connectivity index (χ2v) is 28.6. The Bertz CT molecular complexity index is 7470. The summed E-state index contributed by atoms with van der Waals surface area (Å²) in [7, 11) is 0. The zero-order valence-corrected chi connectivity index (χ0v) is 60.4. The lowest BCUT2D eigenvalue weighted by atomic mass is 9.96. The summed E-state index contributed by atoms with van der Waals surface area (Å²) >= 11 is 0. The molecule has 0 aliphatic rings. The highest BCUT2D eigenvalue weighted by molar-refractivity contribution is 6.30. The summed E-state index contributed by atoms with van der Waals surface area (Å²) in [6.45, 7) is 0. The van der Waals surface area contributed by atoms with E-state index in [0.29, 0.717) is 35.2 Å². The molecule has 0 amide bonds. The van der Waals surface area contributed by atoms with Gasteiger partial charge in [0.05, 0.1) is 44.1 Å². The van der Waals surface area contributed by atoms with E-state index in [0.717, 1.165) is 166 Å². The second kappa shape index (κ2) is 26.3. The van der Waals surface area contributed by atoms with Crippen molar-refractivity contribution in [3.8, 4) is 124 Å². The van der Waals surface area contributed by atoms with Crippen molar-refractivity contribution in [1.82, 2.24) is 48.2 Å². The van der Waals surface area contributed by atoms with Gasteiger partial charge in [0.2, 0.25) is 11.9 Å². The van der Waals surface area contributed by atoms with Gasteiger partial charge in [-0.05, 0) is 159 Å². The van der Waals surface area contributed by atoms with E-state index < -0.39 is 0 Å². The fourth-order valence-corrected chi connectivity index (χ4v) is 17.0. The molecule has 10 nitrogen and oxygen atoms in total. The first-order valence-electron chi connectivity index (χ1n) is 37.8. The molecule has 0 bridgehead atoms. The van der Waals surface area contributed by atoms with Crippen molar-refractivity contribution in [2.24, 2.45) is 0 Å². The number of rotatable bonds is 13. The third-order valence-electron chi connectivity index (χ3n) is 22.1. The van der Waals surface area contributed by atoms with E-state index in [9.17, 15) is 0 Å². The molecular weight excluding hydrogens is 1370 g/mol. The normalized spacial score (nSPS) is 11.8. The average molecular weight is 1430 g/mol. The van der Waals surface area contributed by atoms with Gasteiger partial charge in [-0.3, -0.25) is 9.13 Å². The van der Waals surface area contributed by atoms with Gasteiger partial charge >= 0.3 is 0 Å². The molecule has 6 aromatic heterocycles. The highest BCUT2D eigenvalue weighted by Crippen LogP contribution is 2.46. The van der Waals surface area contributed by atoms with Crippen molar-refractivity contribution in [2.45, 2.75) is 0 Å². The predicted molar refractivity (Wildman–Crippen MR) is 459 cm³/mol. The van der Waals surface area contributed by atoms with Gasteiger partial charge in [-0.1, -0.05) is 285 Å². The average Bonchev–Trinajstić information content (AvgIpc) is 1.56. The van der Waals surface area contributed by atoms with Gasteiger partial charge in [0.1, 0.15) is 0 Å². The Morgan fingerprint density at radius 1 is 0.143 bits per heavy atom. The van der Waals surface area contributed by atoms with E-state index in [4.69, 9.17) is 29.9 Å². The SMILES string of the molecule is c1ccc(-c2ccc(-c3nc(-c4cccc(-c5ccccc5)c4)nc(-n4c5ccccc5c5c6c7cc(-c8cccc(-c9cccc(-c%10nc(-c%11cccc(-c%12ccccc%12)c%11)nc(-n%11c%12ccccc%12c%12c%13c%14ccccc%14n(-c%14ccccc%14)c%13ccc%12%11)n%10)c9)c8)ccc7n(-c7ccccc7)c6ccc54)n3)cc2)cc1. The van der Waals surface area contributed by atoms with Crippen molar-refractivity contribution in [3.05, 3.63) is 388 Å². The Hall–Kier alpha value is -15.3. The topological polar surface area (TPSA) is 97.1 Å². The summed E-state index contributed by atoms with van der Waals surface area (Å²) in [5, 5.41) is 9.04. The number of aromatic nitrogens is 10. The van der Waals surface area contributed by atoms with Crippen LogP contribution in [-0.2, 0) is 0 Å². The van der Waals surface area contributed by atoms with Crippen molar-refractivity contribution >= 4 is 87.2 Å². The van der Waals surface area contributed by atoms with Gasteiger partial charge in [-0.25, -0.2) is 9.97 Å². The van der Waals surface area contributed by atoms with Crippen LogP contribution in [0.25, 0.3) is 212 Å². The Morgan fingerprint density at radius 2 is 0.384 bits per heavy atom. The molecule has 0 saturated carbocycles. The molecule has 0 fully saturated rings. The standard InChI is InChI=1S/C102H64N10/c1-6-26-65(27-7-1)68-50-52-69(53-51-68)97-103-98(76-37-23-32-70(61-76)66-28-8-2-9-29-66)106-101(105-97)112-87-49-21-18-46-83(87)95-92(112)59-57-90-96(95)84-64-75(54-55-88(84)110(90)80-42-14-5-15-43-80)73-35-22-34-72(60-73)74-36-25-39-78(63-74)100-104-99(77-38-24-33-71(62-77)67-30-10-3-11-31-67)107-102(108-100)111-86-48-20-17-45-82(86)94-91(111)58-56-89-93(94)81-44-16-19-47-85(81)109(89)79-40-12-4-13-41-79/h1-64H. The van der Waals surface area contributed by atoms with E-state index in [1.54, 1.807) is 0 Å². The summed E-state index contributed by atoms with van der Waals surface area (Å²) < 4.78 is 9.26. The van der Waals surface area contributed by atoms with Gasteiger partial charge < -0.3 is 9.13 Å². The molecule has 10 heteroatoms. The molecule has 0 radical (unpaired) electrons. The number of fused-ring (bicyclic) bond motifs is 14. The van der Waals surface area contributed by atoms with Crippen molar-refractivity contribution in [2.75, 3.05) is 0 Å². The minimum Gasteiger partial charge on any atom is -0.309 e. The highest BCUT2D eigenvalue weighted by atomic mass is 15.2. The van der Waals surface area contributed by atoms with Crippen LogP contribution in [0.1, 0.15) is 0 Å². The van der Waals surface area contributed by atoms with Crippen LogP contribution in [-0.4, -0.2) is 48.2 Å². The third-order valence-corrected chi connectivity index (χ3v) is 22.1. The summed E-state index contributed by atoms with van der Waals surface area (Å²) in [6, 6.07) is 138. The molecule has 6 heterocycles. The summed E-state index contributed by atoms with van der Waals surface area (Å²) in [6.07, 6.45) is 0. The minimum atomic E-state index is 0.523. The first-order valence-corrected chi connectivity index (χ1v) is 37.8. The summed E-state index contributed by atoms with van der Waals surface area (Å²) in [5.41, 5.74) is 25.0. The van der Waals surface area contributed by atoms with E-state index in [2.05, 4.69) is 394 Å². The number of nitrogens with zero attached hydrogens (tertiary/aromatic N) is 10. The van der Waals surface area contributed by atoms with Crippen LogP contribution in [0.4, 0.5) is 0 Å². The van der Waals surface area contributed by atoms with E-state index in [1.165, 1.54) is 10.8 Å². The monoisotopic (exact) mass is 1430 g/mol. The maximum Gasteiger partial charge on any atom is 0.238 e. The lowest BCUT2D eigenvalue weighted by molar-refractivity contribution is 0.953. The first-order chi connectivity index (χ1) is 55.5. The van der Waals surface area contributed by atoms with Gasteiger partial charge in [0.25, 0.3) is 0 Å². The lowest BCUT2D eigenvalue weighted by Gasteiger charge is -2.13. The van der Waals surface area contributed by atoms with Crippen LogP contribution in [0.3, 0.4) is 0 Å². The van der Waals surface area contributed by atoms with Crippen LogP contribution in [0.5, 0.6) is 0 Å². The van der Waals surface area contributed by atoms with Crippen molar-refractivity contribution in [3.63, 3.8) is 0 Å². The van der Waals surface area contributed by atoms with Gasteiger partial charge in [0, 0.05) is 76.7 Å². The Morgan fingerprint density at radius 3 is 0.786 bits per heavy atom. The molecular formula is C102H64N10.